The van der Waals surface area contributed by atoms with Gasteiger partial charge in [0.1, 0.15) is 0 Å². The zero-order valence-corrected chi connectivity index (χ0v) is 13.3. The number of para-hydroxylation sites is 1. The maximum absolute atomic E-state index is 11.6. The number of primary amides is 1. The Morgan fingerprint density at radius 3 is 2.73 bits per heavy atom. The molecule has 2 aliphatic heterocycles. The van der Waals surface area contributed by atoms with Crippen LogP contribution in [0.1, 0.15) is 25.3 Å². The lowest BCUT2D eigenvalue weighted by Crippen LogP contribution is -2.56. The maximum Gasteiger partial charge on any atom is 0.250 e. The van der Waals surface area contributed by atoms with Gasteiger partial charge in [-0.2, -0.15) is 0 Å². The van der Waals surface area contributed by atoms with Crippen LogP contribution >= 0.6 is 0 Å². The van der Waals surface area contributed by atoms with Crippen LogP contribution in [0.3, 0.4) is 0 Å². The van der Waals surface area contributed by atoms with E-state index in [1.807, 2.05) is 0 Å². The molecular formula is C17H25N3O2. The van der Waals surface area contributed by atoms with E-state index < -0.39 is 5.60 Å². The average molecular weight is 303 g/mol. The molecule has 0 bridgehead atoms. The van der Waals surface area contributed by atoms with Gasteiger partial charge < -0.3 is 15.4 Å². The maximum atomic E-state index is 11.6. The Hall–Kier alpha value is -1.59. The highest BCUT2D eigenvalue weighted by atomic mass is 16.5. The van der Waals surface area contributed by atoms with Crippen LogP contribution < -0.4 is 10.6 Å². The van der Waals surface area contributed by atoms with Gasteiger partial charge in [0.2, 0.25) is 0 Å². The molecule has 3 rings (SSSR count). The summed E-state index contributed by atoms with van der Waals surface area (Å²) in [5.41, 5.74) is 7.26. The summed E-state index contributed by atoms with van der Waals surface area (Å²) in [6.07, 6.45) is 2.54. The normalized spacial score (nSPS) is 26.3. The first-order valence-corrected chi connectivity index (χ1v) is 8.07. The minimum absolute atomic E-state index is 0.384. The second-order valence-electron chi connectivity index (χ2n) is 6.48. The van der Waals surface area contributed by atoms with Crippen LogP contribution in [-0.2, 0) is 16.1 Å². The fraction of sp³-hybridized carbons (Fsp3) is 0.588. The average Bonchev–Trinajstić information content (AvgIpc) is 3.02. The highest BCUT2D eigenvalue weighted by Gasteiger charge is 2.37. The number of rotatable bonds is 4. The van der Waals surface area contributed by atoms with Gasteiger partial charge >= 0.3 is 0 Å². The lowest BCUT2D eigenvalue weighted by atomic mass is 10.0. The van der Waals surface area contributed by atoms with Crippen LogP contribution in [0.5, 0.6) is 0 Å². The van der Waals surface area contributed by atoms with Crippen LogP contribution in [0.25, 0.3) is 0 Å². The SMILES string of the molecule is CC1(C(N)=O)CN(Cc2ccccc2N2CCCC2)CCO1. The number of nitrogens with zero attached hydrogens (tertiary/aromatic N) is 2. The number of ether oxygens (including phenoxy) is 1. The van der Waals surface area contributed by atoms with Crippen molar-refractivity contribution in [1.82, 2.24) is 4.90 Å². The Morgan fingerprint density at radius 2 is 2.00 bits per heavy atom. The van der Waals surface area contributed by atoms with Crippen LogP contribution in [-0.4, -0.2) is 49.2 Å². The van der Waals surface area contributed by atoms with Crippen LogP contribution in [0.15, 0.2) is 24.3 Å². The molecule has 1 atom stereocenters. The highest BCUT2D eigenvalue weighted by molar-refractivity contribution is 5.83. The number of carbonyl (C=O) groups is 1. The van der Waals surface area contributed by atoms with Crippen molar-refractivity contribution in [3.8, 4) is 0 Å². The van der Waals surface area contributed by atoms with E-state index in [9.17, 15) is 4.79 Å². The summed E-state index contributed by atoms with van der Waals surface area (Å²) in [6.45, 7) is 6.82. The molecule has 2 saturated heterocycles. The van der Waals surface area contributed by atoms with Crippen LogP contribution in [0.2, 0.25) is 0 Å². The highest BCUT2D eigenvalue weighted by Crippen LogP contribution is 2.27. The molecule has 2 aliphatic rings. The molecule has 0 aromatic heterocycles. The molecule has 2 fully saturated rings. The third kappa shape index (κ3) is 3.10. The number of morpholine rings is 1. The van der Waals surface area contributed by atoms with Gasteiger partial charge in [0.05, 0.1) is 6.61 Å². The van der Waals surface area contributed by atoms with Crippen molar-refractivity contribution in [2.24, 2.45) is 5.73 Å². The molecule has 120 valence electrons. The quantitative estimate of drug-likeness (QED) is 0.912. The molecule has 0 radical (unpaired) electrons. The van der Waals surface area contributed by atoms with Crippen molar-refractivity contribution in [3.63, 3.8) is 0 Å². The smallest absolute Gasteiger partial charge is 0.250 e. The van der Waals surface area contributed by atoms with Crippen molar-refractivity contribution in [2.45, 2.75) is 31.9 Å². The van der Waals surface area contributed by atoms with Gasteiger partial charge in [0, 0.05) is 38.4 Å². The lowest BCUT2D eigenvalue weighted by molar-refractivity contribution is -0.153. The van der Waals surface area contributed by atoms with Crippen molar-refractivity contribution < 1.29 is 9.53 Å². The molecule has 0 spiro atoms. The first-order chi connectivity index (χ1) is 10.6. The van der Waals surface area contributed by atoms with Gasteiger partial charge in [0.15, 0.2) is 5.60 Å². The summed E-state index contributed by atoms with van der Waals surface area (Å²) < 4.78 is 5.60. The minimum Gasteiger partial charge on any atom is -0.371 e. The summed E-state index contributed by atoms with van der Waals surface area (Å²) in [4.78, 5) is 16.3. The van der Waals surface area contributed by atoms with Gasteiger partial charge in [-0.1, -0.05) is 18.2 Å². The second-order valence-corrected chi connectivity index (χ2v) is 6.48. The van der Waals surface area contributed by atoms with Gasteiger partial charge in [-0.05, 0) is 31.4 Å². The molecule has 5 heteroatoms. The number of benzene rings is 1. The Morgan fingerprint density at radius 1 is 1.27 bits per heavy atom. The molecule has 1 aromatic rings. The van der Waals surface area contributed by atoms with Crippen LogP contribution in [0, 0.1) is 0 Å². The van der Waals surface area contributed by atoms with E-state index in [1.165, 1.54) is 24.1 Å². The Bertz CT molecular complexity index is 542. The molecule has 2 heterocycles. The first kappa shape index (κ1) is 15.3. The third-order valence-electron chi connectivity index (χ3n) is 4.71. The van der Waals surface area contributed by atoms with Gasteiger partial charge in [0.25, 0.3) is 5.91 Å². The summed E-state index contributed by atoms with van der Waals surface area (Å²) >= 11 is 0. The molecule has 1 aromatic carbocycles. The minimum atomic E-state index is -0.874. The topological polar surface area (TPSA) is 58.8 Å². The predicted molar refractivity (Wildman–Crippen MR) is 86.7 cm³/mol. The molecule has 5 nitrogen and oxygen atoms in total. The predicted octanol–water partition coefficient (Wildman–Crippen LogP) is 1.36. The number of nitrogens with two attached hydrogens (primary N) is 1. The van der Waals surface area contributed by atoms with Crippen molar-refractivity contribution >= 4 is 11.6 Å². The molecule has 0 aliphatic carbocycles. The molecular weight excluding hydrogens is 278 g/mol. The van der Waals surface area contributed by atoms with E-state index >= 15 is 0 Å². The van der Waals surface area contributed by atoms with Crippen LogP contribution in [0.4, 0.5) is 5.69 Å². The van der Waals surface area contributed by atoms with Crippen molar-refractivity contribution in [2.75, 3.05) is 37.7 Å². The zero-order valence-electron chi connectivity index (χ0n) is 13.3. The number of hydrogen-bond donors (Lipinski definition) is 1. The number of hydrogen-bond acceptors (Lipinski definition) is 4. The zero-order chi connectivity index (χ0) is 15.6. The summed E-state index contributed by atoms with van der Waals surface area (Å²) in [6, 6.07) is 8.58. The third-order valence-corrected chi connectivity index (χ3v) is 4.71. The number of anilines is 1. The largest absolute Gasteiger partial charge is 0.371 e. The van der Waals surface area contributed by atoms with E-state index in [1.54, 1.807) is 6.92 Å². The summed E-state index contributed by atoms with van der Waals surface area (Å²) in [7, 11) is 0. The first-order valence-electron chi connectivity index (χ1n) is 8.07. The van der Waals surface area contributed by atoms with E-state index in [4.69, 9.17) is 10.5 Å². The Labute approximate surface area is 132 Å². The van der Waals surface area contributed by atoms with E-state index in [-0.39, 0.29) is 5.91 Å². The number of amides is 1. The summed E-state index contributed by atoms with van der Waals surface area (Å²) in [5, 5.41) is 0. The molecule has 1 amide bonds. The summed E-state index contributed by atoms with van der Waals surface area (Å²) in [5.74, 6) is -0.384. The van der Waals surface area contributed by atoms with Crippen molar-refractivity contribution in [1.29, 1.82) is 0 Å². The number of carbonyl (C=O) groups excluding carboxylic acids is 1. The molecule has 0 saturated carbocycles. The van der Waals surface area contributed by atoms with E-state index in [0.29, 0.717) is 13.2 Å². The van der Waals surface area contributed by atoms with Gasteiger partial charge in [-0.25, -0.2) is 0 Å². The monoisotopic (exact) mass is 303 g/mol. The fourth-order valence-corrected chi connectivity index (χ4v) is 3.39. The lowest BCUT2D eigenvalue weighted by Gasteiger charge is -2.38. The van der Waals surface area contributed by atoms with E-state index in [2.05, 4.69) is 34.1 Å². The van der Waals surface area contributed by atoms with Crippen molar-refractivity contribution in [3.05, 3.63) is 29.8 Å². The molecule has 2 N–H and O–H groups in total. The van der Waals surface area contributed by atoms with Gasteiger partial charge in [-0.3, -0.25) is 9.69 Å². The van der Waals surface area contributed by atoms with E-state index in [0.717, 1.165) is 26.2 Å². The standard InChI is InChI=1S/C17H25N3O2/c1-17(16(18)21)13-19(10-11-22-17)12-14-6-2-3-7-15(14)20-8-4-5-9-20/h2-3,6-7H,4-5,8-13H2,1H3,(H2,18,21). The van der Waals surface area contributed by atoms with Gasteiger partial charge in [-0.15, -0.1) is 0 Å². The molecule has 22 heavy (non-hydrogen) atoms. The second kappa shape index (κ2) is 6.26. The Balaban J connectivity index is 1.74. The fourth-order valence-electron chi connectivity index (χ4n) is 3.39. The Kier molecular flexibility index (Phi) is 4.36. The molecule has 1 unspecified atom stereocenters.